The summed E-state index contributed by atoms with van der Waals surface area (Å²) in [6.45, 7) is 3.07. The monoisotopic (exact) mass is 151 g/mol. The van der Waals surface area contributed by atoms with E-state index in [0.29, 0.717) is 4.99 Å². The van der Waals surface area contributed by atoms with Crippen molar-refractivity contribution < 1.29 is 4.79 Å². The highest BCUT2D eigenvalue weighted by Gasteiger charge is 1.63. The van der Waals surface area contributed by atoms with Gasteiger partial charge in [0.05, 0.1) is 4.99 Å². The van der Waals surface area contributed by atoms with E-state index in [-0.39, 0.29) is 5.12 Å². The first-order valence-corrected chi connectivity index (χ1v) is 2.78. The highest BCUT2D eigenvalue weighted by Crippen LogP contribution is 1.66. The van der Waals surface area contributed by atoms with Crippen molar-refractivity contribution in [3.63, 3.8) is 0 Å². The molecule has 0 aliphatic carbocycles. The quantitative estimate of drug-likeness (QED) is 0.397. The van der Waals surface area contributed by atoms with Gasteiger partial charge in [0.2, 0.25) is 0 Å². The van der Waals surface area contributed by atoms with E-state index in [1.807, 2.05) is 0 Å². The summed E-state index contributed by atoms with van der Waals surface area (Å²) >= 11 is 7.64. The van der Waals surface area contributed by atoms with E-state index >= 15 is 0 Å². The van der Waals surface area contributed by atoms with E-state index in [4.69, 9.17) is 5.73 Å². The molecule has 0 atom stereocenters. The van der Waals surface area contributed by atoms with Crippen molar-refractivity contribution in [2.75, 3.05) is 0 Å². The third kappa shape index (κ3) is 17600. The summed E-state index contributed by atoms with van der Waals surface area (Å²) in [6.07, 6.45) is 0. The topological polar surface area (TPSA) is 43.1 Å². The molecule has 0 unspecified atom stereocenters. The molecule has 0 rings (SSSR count). The minimum atomic E-state index is -0.139. The highest BCUT2D eigenvalue weighted by molar-refractivity contribution is 7.96. The highest BCUT2D eigenvalue weighted by atomic mass is 32.1. The first-order valence-electron chi connectivity index (χ1n) is 1.92. The Bertz CT molecular complexity index is 72.0. The van der Waals surface area contributed by atoms with Gasteiger partial charge in [-0.3, -0.25) is 4.79 Å². The fourth-order valence-corrected chi connectivity index (χ4v) is 0. The number of rotatable bonds is 0. The summed E-state index contributed by atoms with van der Waals surface area (Å²) < 4.78 is 0. The van der Waals surface area contributed by atoms with Crippen LogP contribution in [0.2, 0.25) is 0 Å². The van der Waals surface area contributed by atoms with Crippen LogP contribution in [-0.2, 0) is 4.79 Å². The molecule has 0 aromatic rings. The lowest BCUT2D eigenvalue weighted by atomic mass is 10.8. The van der Waals surface area contributed by atoms with Crippen molar-refractivity contribution in [1.29, 1.82) is 0 Å². The van der Waals surface area contributed by atoms with Crippen LogP contribution in [0.15, 0.2) is 0 Å². The van der Waals surface area contributed by atoms with Gasteiger partial charge >= 0.3 is 0 Å². The van der Waals surface area contributed by atoms with E-state index in [2.05, 4.69) is 24.8 Å². The normalized spacial score (nSPS) is 6.38. The standard InChI is InChI=1S/C2H5NS.C2H4OS/c2*1-2(3)4/h1H3,(H2,3,4);1H3,(H,3,4). The SMILES string of the molecule is CC(=O)S.CC(N)=S. The molecule has 0 radical (unpaired) electrons. The van der Waals surface area contributed by atoms with E-state index in [1.165, 1.54) is 6.92 Å². The number of hydrogen-bond acceptors (Lipinski definition) is 2. The maximum absolute atomic E-state index is 9.31. The molecule has 4 heteroatoms. The summed E-state index contributed by atoms with van der Waals surface area (Å²) in [5.74, 6) is 0. The first kappa shape index (κ1) is 10.8. The van der Waals surface area contributed by atoms with E-state index in [9.17, 15) is 4.79 Å². The fourth-order valence-electron chi connectivity index (χ4n) is 0. The second kappa shape index (κ2) is 6.91. The van der Waals surface area contributed by atoms with Crippen LogP contribution in [0.3, 0.4) is 0 Å². The van der Waals surface area contributed by atoms with Gasteiger partial charge in [0.15, 0.2) is 5.12 Å². The van der Waals surface area contributed by atoms with Crippen LogP contribution in [0, 0.1) is 0 Å². The van der Waals surface area contributed by atoms with E-state index in [1.54, 1.807) is 6.92 Å². The Morgan fingerprint density at radius 3 is 1.62 bits per heavy atom. The molecular weight excluding hydrogens is 142 g/mol. The Kier molecular flexibility index (Phi) is 9.34. The Morgan fingerprint density at radius 1 is 1.62 bits per heavy atom. The molecule has 0 bridgehead atoms. The average Bonchev–Trinajstić information content (AvgIpc) is 1.25. The number of carbonyl (C=O) groups excluding carboxylic acids is 1. The predicted octanol–water partition coefficient (Wildman–Crippen LogP) is 0.755. The van der Waals surface area contributed by atoms with Gasteiger partial charge in [0.25, 0.3) is 0 Å². The molecule has 0 saturated carbocycles. The predicted molar refractivity (Wildman–Crippen MR) is 42.1 cm³/mol. The van der Waals surface area contributed by atoms with Crippen molar-refractivity contribution in [2.24, 2.45) is 5.73 Å². The minimum Gasteiger partial charge on any atom is -0.394 e. The summed E-state index contributed by atoms with van der Waals surface area (Å²) in [5.41, 5.74) is 4.84. The van der Waals surface area contributed by atoms with E-state index in [0.717, 1.165) is 0 Å². The maximum Gasteiger partial charge on any atom is 0.182 e. The van der Waals surface area contributed by atoms with Gasteiger partial charge in [-0.1, -0.05) is 12.2 Å². The molecule has 0 aromatic heterocycles. The van der Waals surface area contributed by atoms with Gasteiger partial charge in [-0.25, -0.2) is 0 Å². The molecule has 48 valence electrons. The average molecular weight is 151 g/mol. The van der Waals surface area contributed by atoms with Crippen LogP contribution in [-0.4, -0.2) is 10.1 Å². The van der Waals surface area contributed by atoms with Crippen molar-refractivity contribution in [2.45, 2.75) is 13.8 Å². The Balaban J connectivity index is 0. The molecule has 0 spiro atoms. The molecule has 0 aromatic carbocycles. The van der Waals surface area contributed by atoms with Crippen LogP contribution in [0.5, 0.6) is 0 Å². The second-order valence-corrected chi connectivity index (χ2v) is 2.40. The lowest BCUT2D eigenvalue weighted by molar-refractivity contribution is -0.108. The number of carbonyl (C=O) groups is 1. The molecule has 0 fully saturated rings. The summed E-state index contributed by atoms with van der Waals surface area (Å²) in [4.78, 5) is 9.81. The smallest absolute Gasteiger partial charge is 0.182 e. The number of hydrogen-bond donors (Lipinski definition) is 2. The molecule has 8 heavy (non-hydrogen) atoms. The largest absolute Gasteiger partial charge is 0.394 e. The molecule has 0 saturated heterocycles. The van der Waals surface area contributed by atoms with Crippen molar-refractivity contribution in [1.82, 2.24) is 0 Å². The first-order chi connectivity index (χ1) is 3.46. The van der Waals surface area contributed by atoms with Gasteiger partial charge in [-0.15, -0.1) is 12.6 Å². The summed E-state index contributed by atoms with van der Waals surface area (Å²) in [7, 11) is 0. The van der Waals surface area contributed by atoms with E-state index < -0.39 is 0 Å². The van der Waals surface area contributed by atoms with Crippen LogP contribution in [0.4, 0.5) is 0 Å². The zero-order valence-electron chi connectivity index (χ0n) is 4.84. The third-order valence-corrected chi connectivity index (χ3v) is 0. The molecule has 0 amide bonds. The second-order valence-electron chi connectivity index (χ2n) is 1.13. The van der Waals surface area contributed by atoms with Gasteiger partial charge in [-0.05, 0) is 6.92 Å². The lowest BCUT2D eigenvalue weighted by Crippen LogP contribution is -1.98. The third-order valence-electron chi connectivity index (χ3n) is 0. The fraction of sp³-hybridized carbons (Fsp3) is 0.500. The van der Waals surface area contributed by atoms with Crippen LogP contribution in [0.1, 0.15) is 13.8 Å². The summed E-state index contributed by atoms with van der Waals surface area (Å²) in [6, 6.07) is 0. The molecule has 0 aliphatic heterocycles. The Hall–Kier alpha value is -0.0900. The molecule has 2 nitrogen and oxygen atoms in total. The van der Waals surface area contributed by atoms with Crippen LogP contribution >= 0.6 is 24.8 Å². The van der Waals surface area contributed by atoms with Gasteiger partial charge < -0.3 is 5.73 Å². The lowest BCUT2D eigenvalue weighted by Gasteiger charge is -1.65. The minimum absolute atomic E-state index is 0.139. The zero-order valence-corrected chi connectivity index (χ0v) is 6.55. The Morgan fingerprint density at radius 2 is 1.62 bits per heavy atom. The zero-order chi connectivity index (χ0) is 7.15. The van der Waals surface area contributed by atoms with Crippen molar-refractivity contribution in [3.8, 4) is 0 Å². The molecule has 0 heterocycles. The summed E-state index contributed by atoms with van der Waals surface area (Å²) in [5, 5.41) is -0.139. The van der Waals surface area contributed by atoms with Crippen molar-refractivity contribution >= 4 is 35.0 Å². The number of thiocarbonyl (C=S) groups is 1. The van der Waals surface area contributed by atoms with Gasteiger partial charge in [0, 0.05) is 6.92 Å². The molecular formula is C4H9NOS2. The number of nitrogens with two attached hydrogens (primary N) is 1. The van der Waals surface area contributed by atoms with Gasteiger partial charge in [-0.2, -0.15) is 0 Å². The molecule has 0 aliphatic rings. The van der Waals surface area contributed by atoms with Crippen LogP contribution < -0.4 is 5.73 Å². The van der Waals surface area contributed by atoms with Gasteiger partial charge in [0.1, 0.15) is 0 Å². The molecule has 2 N–H and O–H groups in total. The van der Waals surface area contributed by atoms with Crippen LogP contribution in [0.25, 0.3) is 0 Å². The Labute approximate surface area is 59.9 Å². The maximum atomic E-state index is 9.31. The van der Waals surface area contributed by atoms with Crippen molar-refractivity contribution in [3.05, 3.63) is 0 Å². The number of thiol groups is 1.